The first-order valence-corrected chi connectivity index (χ1v) is 7.17. The molecular weight excluding hydrogens is 268 g/mol. The molecule has 0 aliphatic carbocycles. The van der Waals surface area contributed by atoms with Gasteiger partial charge < -0.3 is 10.1 Å². The average molecular weight is 290 g/mol. The molecule has 0 aromatic heterocycles. The molecule has 5 nitrogen and oxygen atoms in total. The predicted octanol–water partition coefficient (Wildman–Crippen LogP) is 1.92. The largest absolute Gasteiger partial charge is 0.453 e. The average Bonchev–Trinajstić information content (AvgIpc) is 2.85. The van der Waals surface area contributed by atoms with Gasteiger partial charge in [0, 0.05) is 24.7 Å². The summed E-state index contributed by atoms with van der Waals surface area (Å²) in [5.74, 6) is 0.131. The van der Waals surface area contributed by atoms with Crippen molar-refractivity contribution in [3.8, 4) is 0 Å². The van der Waals surface area contributed by atoms with Crippen molar-refractivity contribution >= 4 is 11.9 Å². The van der Waals surface area contributed by atoms with E-state index >= 15 is 0 Å². The van der Waals surface area contributed by atoms with Gasteiger partial charge in [-0.05, 0) is 25.8 Å². The highest BCUT2D eigenvalue weighted by Gasteiger charge is 2.26. The zero-order chi connectivity index (χ0) is 15.4. The fourth-order valence-electron chi connectivity index (χ4n) is 2.73. The fraction of sp³-hybridized carbons (Fsp3) is 0.500. The lowest BCUT2D eigenvalue weighted by molar-refractivity contribution is 0.0943. The minimum atomic E-state index is -0.414. The summed E-state index contributed by atoms with van der Waals surface area (Å²) in [5, 5.41) is 2.78. The van der Waals surface area contributed by atoms with Crippen LogP contribution in [0.3, 0.4) is 0 Å². The Hall–Kier alpha value is -1.88. The van der Waals surface area contributed by atoms with Crippen LogP contribution in [-0.2, 0) is 4.74 Å². The highest BCUT2D eigenvalue weighted by Crippen LogP contribution is 2.14. The maximum absolute atomic E-state index is 12.4. The number of ether oxygens (including phenoxy) is 1. The number of hydrogen-bond donors (Lipinski definition) is 1. The molecule has 21 heavy (non-hydrogen) atoms. The molecule has 0 saturated carbocycles. The summed E-state index contributed by atoms with van der Waals surface area (Å²) >= 11 is 0. The molecule has 114 valence electrons. The smallest absolute Gasteiger partial charge is 0.407 e. The molecule has 1 aromatic rings. The van der Waals surface area contributed by atoms with Crippen molar-refractivity contribution < 1.29 is 14.3 Å². The number of hydrogen-bond acceptors (Lipinski definition) is 4. The van der Waals surface area contributed by atoms with E-state index in [0.717, 1.165) is 29.7 Å². The molecule has 1 heterocycles. The van der Waals surface area contributed by atoms with Gasteiger partial charge in [0.05, 0.1) is 13.7 Å². The summed E-state index contributed by atoms with van der Waals surface area (Å²) in [6.45, 7) is 5.87. The van der Waals surface area contributed by atoms with Gasteiger partial charge in [-0.3, -0.25) is 9.69 Å². The van der Waals surface area contributed by atoms with Crippen LogP contribution >= 0.6 is 0 Å². The Bertz CT molecular complexity index is 542. The Kier molecular flexibility index (Phi) is 4.96. The lowest BCUT2D eigenvalue weighted by Crippen LogP contribution is -2.38. The molecule has 1 aromatic carbocycles. The minimum Gasteiger partial charge on any atom is -0.453 e. The van der Waals surface area contributed by atoms with Crippen LogP contribution in [0, 0.1) is 13.8 Å². The number of nitrogens with zero attached hydrogens (tertiary/aromatic N) is 1. The molecule has 1 aliphatic rings. The Morgan fingerprint density at radius 3 is 2.81 bits per heavy atom. The van der Waals surface area contributed by atoms with Crippen LogP contribution in [0.4, 0.5) is 4.79 Å². The van der Waals surface area contributed by atoms with Crippen LogP contribution in [-0.4, -0.2) is 49.6 Å². The maximum Gasteiger partial charge on any atom is 0.407 e. The van der Waals surface area contributed by atoms with Crippen molar-refractivity contribution in [1.29, 1.82) is 0 Å². The monoisotopic (exact) mass is 290 g/mol. The molecule has 1 aliphatic heterocycles. The number of carbonyl (C=O) groups is 2. The van der Waals surface area contributed by atoms with Gasteiger partial charge in [-0.2, -0.15) is 0 Å². The third-order valence-electron chi connectivity index (χ3n) is 3.83. The lowest BCUT2D eigenvalue weighted by atomic mass is 10.0. The van der Waals surface area contributed by atoms with Crippen LogP contribution in [0.25, 0.3) is 0 Å². The van der Waals surface area contributed by atoms with Crippen molar-refractivity contribution in [2.75, 3.05) is 26.7 Å². The summed E-state index contributed by atoms with van der Waals surface area (Å²) in [6, 6.07) is 5.95. The Morgan fingerprint density at radius 2 is 2.14 bits per heavy atom. The maximum atomic E-state index is 12.4. The third kappa shape index (κ3) is 4.04. The van der Waals surface area contributed by atoms with Gasteiger partial charge >= 0.3 is 6.09 Å². The van der Waals surface area contributed by atoms with Gasteiger partial charge in [0.1, 0.15) is 0 Å². The second-order valence-electron chi connectivity index (χ2n) is 5.60. The van der Waals surface area contributed by atoms with Gasteiger partial charge in [0.2, 0.25) is 0 Å². The number of methoxy groups -OCH3 is 1. The van der Waals surface area contributed by atoms with Gasteiger partial charge in [0.15, 0.2) is 5.78 Å². The van der Waals surface area contributed by atoms with E-state index in [1.54, 1.807) is 0 Å². The zero-order valence-corrected chi connectivity index (χ0v) is 12.8. The zero-order valence-electron chi connectivity index (χ0n) is 12.8. The van der Waals surface area contributed by atoms with E-state index in [9.17, 15) is 9.59 Å². The Balaban J connectivity index is 1.90. The summed E-state index contributed by atoms with van der Waals surface area (Å²) in [4.78, 5) is 25.6. The number of aryl methyl sites for hydroxylation is 2. The molecule has 0 spiro atoms. The second kappa shape index (κ2) is 6.72. The minimum absolute atomic E-state index is 0.0596. The summed E-state index contributed by atoms with van der Waals surface area (Å²) in [6.07, 6.45) is 0.428. The van der Waals surface area contributed by atoms with Crippen LogP contribution in [0.2, 0.25) is 0 Å². The molecule has 1 saturated heterocycles. The van der Waals surface area contributed by atoms with Gasteiger partial charge in [0.25, 0.3) is 0 Å². The molecule has 1 fully saturated rings. The van der Waals surface area contributed by atoms with Crippen molar-refractivity contribution in [2.45, 2.75) is 26.3 Å². The number of amides is 1. The number of nitrogens with one attached hydrogen (secondary N) is 1. The Labute approximate surface area is 125 Å². The van der Waals surface area contributed by atoms with Gasteiger partial charge in [-0.15, -0.1) is 0 Å². The van der Waals surface area contributed by atoms with Crippen molar-refractivity contribution in [1.82, 2.24) is 10.2 Å². The van der Waals surface area contributed by atoms with Crippen LogP contribution in [0.5, 0.6) is 0 Å². The number of ketones is 1. The van der Waals surface area contributed by atoms with E-state index in [-0.39, 0.29) is 11.8 Å². The number of likely N-dealkylation sites (tertiary alicyclic amines) is 1. The van der Waals surface area contributed by atoms with E-state index in [4.69, 9.17) is 0 Å². The summed E-state index contributed by atoms with van der Waals surface area (Å²) in [5.41, 5.74) is 2.96. The molecule has 1 amide bonds. The van der Waals surface area contributed by atoms with Gasteiger partial charge in [-0.25, -0.2) is 4.79 Å². The quantitative estimate of drug-likeness (QED) is 0.861. The van der Waals surface area contributed by atoms with Crippen LogP contribution in [0.15, 0.2) is 18.2 Å². The summed E-state index contributed by atoms with van der Waals surface area (Å²) < 4.78 is 4.59. The molecule has 1 atom stereocenters. The topological polar surface area (TPSA) is 58.6 Å². The summed E-state index contributed by atoms with van der Waals surface area (Å²) in [7, 11) is 1.35. The molecule has 0 radical (unpaired) electrons. The van der Waals surface area contributed by atoms with E-state index in [2.05, 4.69) is 15.0 Å². The van der Waals surface area contributed by atoms with Crippen LogP contribution in [0.1, 0.15) is 27.9 Å². The molecule has 2 rings (SSSR count). The van der Waals surface area contributed by atoms with E-state index in [0.29, 0.717) is 13.1 Å². The van der Waals surface area contributed by atoms with Crippen LogP contribution < -0.4 is 5.32 Å². The standard InChI is InChI=1S/C16H22N2O3/c1-11-4-5-14(12(2)8-11)15(19)10-18-7-6-13(9-18)17-16(20)21-3/h4-5,8,13H,6-7,9-10H2,1-3H3,(H,17,20). The number of benzene rings is 1. The van der Waals surface area contributed by atoms with Crippen molar-refractivity contribution in [3.63, 3.8) is 0 Å². The first-order valence-electron chi connectivity index (χ1n) is 7.17. The number of carbonyl (C=O) groups excluding carboxylic acids is 2. The molecule has 1 unspecified atom stereocenters. The van der Waals surface area contributed by atoms with E-state index in [1.807, 2.05) is 32.0 Å². The van der Waals surface area contributed by atoms with Gasteiger partial charge in [-0.1, -0.05) is 23.8 Å². The van der Waals surface area contributed by atoms with Crippen molar-refractivity contribution in [2.24, 2.45) is 0 Å². The van der Waals surface area contributed by atoms with E-state index in [1.165, 1.54) is 7.11 Å². The number of alkyl carbamates (subject to hydrolysis) is 1. The number of Topliss-reactive ketones (excluding diaryl/α,β-unsaturated/α-hetero) is 1. The van der Waals surface area contributed by atoms with E-state index < -0.39 is 6.09 Å². The lowest BCUT2D eigenvalue weighted by Gasteiger charge is -2.16. The third-order valence-corrected chi connectivity index (χ3v) is 3.83. The number of rotatable bonds is 4. The molecular formula is C16H22N2O3. The SMILES string of the molecule is COC(=O)NC1CCN(CC(=O)c2ccc(C)cc2C)C1. The first kappa shape index (κ1) is 15.5. The highest BCUT2D eigenvalue weighted by atomic mass is 16.5. The van der Waals surface area contributed by atoms with Crippen molar-refractivity contribution in [3.05, 3.63) is 34.9 Å². The Morgan fingerprint density at radius 1 is 1.38 bits per heavy atom. The second-order valence-corrected chi connectivity index (χ2v) is 5.60. The first-order chi connectivity index (χ1) is 9.99. The predicted molar refractivity (Wildman–Crippen MR) is 80.6 cm³/mol. The molecule has 0 bridgehead atoms. The normalized spacial score (nSPS) is 18.5. The highest BCUT2D eigenvalue weighted by molar-refractivity contribution is 5.99. The molecule has 5 heteroatoms. The molecule has 1 N–H and O–H groups in total. The fourth-order valence-corrected chi connectivity index (χ4v) is 2.73.